The summed E-state index contributed by atoms with van der Waals surface area (Å²) in [4.78, 5) is 10.9. The van der Waals surface area contributed by atoms with Crippen molar-refractivity contribution in [3.63, 3.8) is 0 Å². The van der Waals surface area contributed by atoms with Gasteiger partial charge in [0.05, 0.1) is 12.5 Å². The molecular formula is C13H23N2O2+. The Balaban J connectivity index is 2.78. The fourth-order valence-corrected chi connectivity index (χ4v) is 1.98. The summed E-state index contributed by atoms with van der Waals surface area (Å²) in [5, 5.41) is 8.94. The summed E-state index contributed by atoms with van der Waals surface area (Å²) in [7, 11) is 0. The van der Waals surface area contributed by atoms with Crippen molar-refractivity contribution in [2.75, 3.05) is 0 Å². The molecule has 0 fully saturated rings. The average Bonchev–Trinajstić information content (AvgIpc) is 2.68. The van der Waals surface area contributed by atoms with Crippen molar-refractivity contribution in [1.82, 2.24) is 4.57 Å². The summed E-state index contributed by atoms with van der Waals surface area (Å²) in [5.41, 5.74) is 0. The Morgan fingerprint density at radius 2 is 2.24 bits per heavy atom. The van der Waals surface area contributed by atoms with E-state index in [1.807, 2.05) is 6.20 Å². The van der Waals surface area contributed by atoms with Crippen LogP contribution in [-0.4, -0.2) is 15.6 Å². The molecule has 1 N–H and O–H groups in total. The van der Waals surface area contributed by atoms with Gasteiger partial charge in [0.2, 0.25) is 0 Å². The smallest absolute Gasteiger partial charge is 0.310 e. The number of carboxylic acid groups (broad SMARTS) is 1. The van der Waals surface area contributed by atoms with Crippen molar-refractivity contribution in [3.8, 4) is 0 Å². The molecule has 4 nitrogen and oxygen atoms in total. The van der Waals surface area contributed by atoms with Gasteiger partial charge in [0.1, 0.15) is 18.9 Å². The molecule has 96 valence electrons. The first-order chi connectivity index (χ1) is 8.10. The van der Waals surface area contributed by atoms with Crippen LogP contribution in [0.15, 0.2) is 12.4 Å². The lowest BCUT2D eigenvalue weighted by Gasteiger charge is -2.06. The summed E-state index contributed by atoms with van der Waals surface area (Å²) in [5.74, 6) is 0.139. The van der Waals surface area contributed by atoms with E-state index in [-0.39, 0.29) is 5.92 Å². The minimum atomic E-state index is -0.735. The number of aliphatic carboxylic acids is 1. The van der Waals surface area contributed by atoms with E-state index in [1.165, 1.54) is 12.2 Å². The molecule has 1 rings (SSSR count). The average molecular weight is 239 g/mol. The Labute approximate surface area is 103 Å². The van der Waals surface area contributed by atoms with Crippen molar-refractivity contribution < 1.29 is 14.5 Å². The highest BCUT2D eigenvalue weighted by Gasteiger charge is 2.20. The highest BCUT2D eigenvalue weighted by atomic mass is 16.4. The Morgan fingerprint density at radius 1 is 1.53 bits per heavy atom. The first-order valence-corrected chi connectivity index (χ1v) is 6.40. The zero-order valence-electron chi connectivity index (χ0n) is 11.0. The number of rotatable bonds is 7. The van der Waals surface area contributed by atoms with Crippen LogP contribution in [0.3, 0.4) is 0 Å². The predicted molar refractivity (Wildman–Crippen MR) is 65.7 cm³/mol. The maximum atomic E-state index is 10.9. The molecule has 1 heterocycles. The van der Waals surface area contributed by atoms with Gasteiger partial charge in [0.25, 0.3) is 5.82 Å². The van der Waals surface area contributed by atoms with Crippen LogP contribution in [0, 0.1) is 5.92 Å². The topological polar surface area (TPSA) is 46.1 Å². The lowest BCUT2D eigenvalue weighted by atomic mass is 10.2. The van der Waals surface area contributed by atoms with Gasteiger partial charge in [-0.1, -0.05) is 20.3 Å². The summed E-state index contributed by atoms with van der Waals surface area (Å²) >= 11 is 0. The molecule has 0 aliphatic rings. The highest BCUT2D eigenvalue weighted by Crippen LogP contribution is 2.03. The SMILES string of the molecule is CCCCn1cc[n+](CC(C)C(=O)O)c1CC. The number of nitrogens with zero attached hydrogens (tertiary/aromatic N) is 2. The monoisotopic (exact) mass is 239 g/mol. The maximum Gasteiger partial charge on any atom is 0.310 e. The van der Waals surface area contributed by atoms with E-state index in [1.54, 1.807) is 6.92 Å². The van der Waals surface area contributed by atoms with Gasteiger partial charge in [-0.05, 0) is 13.3 Å². The second-order valence-electron chi connectivity index (χ2n) is 4.51. The number of carbonyl (C=O) groups is 1. The molecule has 0 saturated carbocycles. The van der Waals surface area contributed by atoms with Gasteiger partial charge in [-0.15, -0.1) is 0 Å². The Hall–Kier alpha value is -1.32. The van der Waals surface area contributed by atoms with Gasteiger partial charge in [-0.25, -0.2) is 9.13 Å². The zero-order valence-corrected chi connectivity index (χ0v) is 11.0. The molecule has 0 aliphatic heterocycles. The Morgan fingerprint density at radius 3 is 2.76 bits per heavy atom. The van der Waals surface area contributed by atoms with Crippen LogP contribution in [0.2, 0.25) is 0 Å². The standard InChI is InChI=1S/C13H22N2O2/c1-4-6-7-14-8-9-15(12(14)5-2)10-11(3)13(16)17/h8-9,11H,4-7,10H2,1-3H3/p+1. The van der Waals surface area contributed by atoms with Crippen LogP contribution in [0.1, 0.15) is 39.4 Å². The number of carboxylic acids is 1. The molecule has 0 amide bonds. The number of hydrogen-bond acceptors (Lipinski definition) is 1. The molecular weight excluding hydrogens is 216 g/mol. The van der Waals surface area contributed by atoms with Crippen molar-refractivity contribution in [2.45, 2.75) is 53.1 Å². The maximum absolute atomic E-state index is 10.9. The number of unbranched alkanes of at least 4 members (excludes halogenated alkanes) is 1. The number of aromatic nitrogens is 2. The van der Waals surface area contributed by atoms with Gasteiger partial charge < -0.3 is 5.11 Å². The van der Waals surface area contributed by atoms with Crippen LogP contribution in [0.4, 0.5) is 0 Å². The van der Waals surface area contributed by atoms with Crippen LogP contribution < -0.4 is 4.57 Å². The van der Waals surface area contributed by atoms with Crippen LogP contribution in [0.5, 0.6) is 0 Å². The second kappa shape index (κ2) is 6.42. The molecule has 0 saturated heterocycles. The first kappa shape index (κ1) is 13.7. The molecule has 4 heteroatoms. The normalized spacial score (nSPS) is 12.6. The fourth-order valence-electron chi connectivity index (χ4n) is 1.98. The number of aryl methyl sites for hydroxylation is 1. The molecule has 1 unspecified atom stereocenters. The molecule has 0 spiro atoms. The fraction of sp³-hybridized carbons (Fsp3) is 0.692. The molecule has 0 aromatic carbocycles. The van der Waals surface area contributed by atoms with E-state index in [9.17, 15) is 4.79 Å². The van der Waals surface area contributed by atoms with Crippen molar-refractivity contribution in [1.29, 1.82) is 0 Å². The van der Waals surface area contributed by atoms with Gasteiger partial charge in [0.15, 0.2) is 0 Å². The minimum absolute atomic E-state index is 0.340. The van der Waals surface area contributed by atoms with E-state index in [0.29, 0.717) is 6.54 Å². The predicted octanol–water partition coefficient (Wildman–Crippen LogP) is 1.86. The van der Waals surface area contributed by atoms with Crippen LogP contribution in [-0.2, 0) is 24.3 Å². The molecule has 0 aliphatic carbocycles. The molecule has 0 radical (unpaired) electrons. The lowest BCUT2D eigenvalue weighted by Crippen LogP contribution is -2.41. The number of hydrogen-bond donors (Lipinski definition) is 1. The van der Waals surface area contributed by atoms with Gasteiger partial charge >= 0.3 is 5.97 Å². The van der Waals surface area contributed by atoms with Gasteiger partial charge in [-0.2, -0.15) is 0 Å². The molecule has 1 aromatic heterocycles. The van der Waals surface area contributed by atoms with Crippen LogP contribution >= 0.6 is 0 Å². The van der Waals surface area contributed by atoms with Crippen molar-refractivity contribution >= 4 is 5.97 Å². The first-order valence-electron chi connectivity index (χ1n) is 6.40. The van der Waals surface area contributed by atoms with Crippen molar-refractivity contribution in [3.05, 3.63) is 18.2 Å². The third-order valence-corrected chi connectivity index (χ3v) is 3.05. The summed E-state index contributed by atoms with van der Waals surface area (Å²) in [6.07, 6.45) is 7.32. The Kier molecular flexibility index (Phi) is 5.19. The summed E-state index contributed by atoms with van der Waals surface area (Å²) in [6, 6.07) is 0. The zero-order chi connectivity index (χ0) is 12.8. The molecule has 17 heavy (non-hydrogen) atoms. The van der Waals surface area contributed by atoms with E-state index >= 15 is 0 Å². The van der Waals surface area contributed by atoms with Crippen LogP contribution in [0.25, 0.3) is 0 Å². The lowest BCUT2D eigenvalue weighted by molar-refractivity contribution is -0.707. The van der Waals surface area contributed by atoms with Gasteiger partial charge in [0, 0.05) is 6.42 Å². The summed E-state index contributed by atoms with van der Waals surface area (Å²) < 4.78 is 4.30. The quantitative estimate of drug-likeness (QED) is 0.738. The van der Waals surface area contributed by atoms with E-state index < -0.39 is 5.97 Å². The highest BCUT2D eigenvalue weighted by molar-refractivity contribution is 5.69. The van der Waals surface area contributed by atoms with E-state index in [2.05, 4.69) is 29.2 Å². The molecule has 1 aromatic rings. The van der Waals surface area contributed by atoms with E-state index in [4.69, 9.17) is 5.11 Å². The molecule has 1 atom stereocenters. The third kappa shape index (κ3) is 3.58. The second-order valence-corrected chi connectivity index (χ2v) is 4.51. The molecule has 0 bridgehead atoms. The minimum Gasteiger partial charge on any atom is -0.481 e. The van der Waals surface area contributed by atoms with Gasteiger partial charge in [-0.3, -0.25) is 4.79 Å². The largest absolute Gasteiger partial charge is 0.481 e. The number of imidazole rings is 1. The van der Waals surface area contributed by atoms with E-state index in [0.717, 1.165) is 19.4 Å². The Bertz CT molecular complexity index is 371. The summed E-state index contributed by atoms with van der Waals surface area (Å²) in [6.45, 7) is 7.61. The third-order valence-electron chi connectivity index (χ3n) is 3.05. The van der Waals surface area contributed by atoms with Crippen molar-refractivity contribution in [2.24, 2.45) is 5.92 Å².